The van der Waals surface area contributed by atoms with Crippen LogP contribution in [0, 0.1) is 16.0 Å². The monoisotopic (exact) mass is 452 g/mol. The van der Waals surface area contributed by atoms with E-state index in [1.165, 1.54) is 42.0 Å². The summed E-state index contributed by atoms with van der Waals surface area (Å²) in [7, 11) is 0. The Bertz CT molecular complexity index is 1100. The molecule has 1 atom stereocenters. The lowest BCUT2D eigenvalue weighted by Crippen LogP contribution is -2.41. The Morgan fingerprint density at radius 2 is 1.94 bits per heavy atom. The number of carbonyl (C=O) groups is 3. The number of non-ortho nitro benzene ring substituents is 1. The molecule has 2 aromatic carbocycles. The fourth-order valence-electron chi connectivity index (χ4n) is 3.75. The minimum absolute atomic E-state index is 0.0347. The van der Waals surface area contributed by atoms with E-state index in [4.69, 9.17) is 4.74 Å². The zero-order chi connectivity index (χ0) is 23.5. The summed E-state index contributed by atoms with van der Waals surface area (Å²) in [5.41, 5.74) is 0.985. The molecular formula is C23H24N4O6. The third-order valence-corrected chi connectivity index (χ3v) is 5.70. The minimum Gasteiger partial charge on any atom is -0.410 e. The maximum atomic E-state index is 13.0. The largest absolute Gasteiger partial charge is 0.420 e. The van der Waals surface area contributed by atoms with Crippen LogP contribution in [-0.4, -0.2) is 35.4 Å². The standard InChI is InChI=1S/C23H24N4O6/c1-14-12-21(28)25-19-13-16(22(29)24-11-10-15-2-3-15)4-9-20(19)26(14)23(30)33-18-7-5-17(6-8-18)27(31)32/h4-9,13-15H,2-3,10-12H2,1H3,(H,24,29)(H,25,28). The molecule has 1 fully saturated rings. The summed E-state index contributed by atoms with van der Waals surface area (Å²) >= 11 is 0. The Kier molecular flexibility index (Phi) is 6.25. The van der Waals surface area contributed by atoms with Crippen LogP contribution in [0.4, 0.5) is 21.9 Å². The molecule has 1 unspecified atom stereocenters. The number of nitro groups is 1. The van der Waals surface area contributed by atoms with E-state index in [1.807, 2.05) is 0 Å². The summed E-state index contributed by atoms with van der Waals surface area (Å²) in [6, 6.07) is 9.37. The van der Waals surface area contributed by atoms with E-state index in [0.29, 0.717) is 29.4 Å². The highest BCUT2D eigenvalue weighted by Gasteiger charge is 2.32. The van der Waals surface area contributed by atoms with Gasteiger partial charge in [0.2, 0.25) is 5.91 Å². The van der Waals surface area contributed by atoms with E-state index in [-0.39, 0.29) is 29.7 Å². The van der Waals surface area contributed by atoms with Gasteiger partial charge in [0.15, 0.2) is 0 Å². The summed E-state index contributed by atoms with van der Waals surface area (Å²) in [4.78, 5) is 49.5. The van der Waals surface area contributed by atoms with Crippen molar-refractivity contribution in [3.8, 4) is 5.75 Å². The van der Waals surface area contributed by atoms with Gasteiger partial charge in [-0.15, -0.1) is 0 Å². The number of fused-ring (bicyclic) bond motifs is 1. The molecule has 3 amide bonds. The third kappa shape index (κ3) is 5.28. The van der Waals surface area contributed by atoms with Gasteiger partial charge in [-0.25, -0.2) is 4.79 Å². The number of hydrogen-bond acceptors (Lipinski definition) is 6. The Morgan fingerprint density at radius 1 is 1.21 bits per heavy atom. The second-order valence-electron chi connectivity index (χ2n) is 8.31. The summed E-state index contributed by atoms with van der Waals surface area (Å²) in [5.74, 6) is 0.300. The summed E-state index contributed by atoms with van der Waals surface area (Å²) < 4.78 is 5.41. The second-order valence-corrected chi connectivity index (χ2v) is 8.31. The molecular weight excluding hydrogens is 428 g/mol. The molecule has 0 aromatic heterocycles. The van der Waals surface area contributed by atoms with E-state index in [1.54, 1.807) is 25.1 Å². The summed E-state index contributed by atoms with van der Waals surface area (Å²) in [5, 5.41) is 16.5. The van der Waals surface area contributed by atoms with Gasteiger partial charge in [-0.2, -0.15) is 0 Å². The molecule has 1 aliphatic heterocycles. The van der Waals surface area contributed by atoms with Crippen LogP contribution in [0.25, 0.3) is 0 Å². The van der Waals surface area contributed by atoms with Crippen LogP contribution in [0.3, 0.4) is 0 Å². The predicted octanol–water partition coefficient (Wildman–Crippen LogP) is 3.86. The van der Waals surface area contributed by atoms with Crippen molar-refractivity contribution in [1.82, 2.24) is 5.32 Å². The Morgan fingerprint density at radius 3 is 2.61 bits per heavy atom. The average molecular weight is 452 g/mol. The van der Waals surface area contributed by atoms with Crippen molar-refractivity contribution in [1.29, 1.82) is 0 Å². The first-order chi connectivity index (χ1) is 15.8. The molecule has 1 heterocycles. The van der Waals surface area contributed by atoms with Crippen LogP contribution < -0.4 is 20.3 Å². The van der Waals surface area contributed by atoms with Crippen molar-refractivity contribution >= 4 is 35.0 Å². The normalized spacial score (nSPS) is 17.4. The quantitative estimate of drug-likeness (QED) is 0.505. The summed E-state index contributed by atoms with van der Waals surface area (Å²) in [6.45, 7) is 2.31. The minimum atomic E-state index is -0.740. The number of carbonyl (C=O) groups excluding carboxylic acids is 3. The summed E-state index contributed by atoms with van der Waals surface area (Å²) in [6.07, 6.45) is 2.67. The molecule has 0 bridgehead atoms. The Balaban J connectivity index is 1.54. The van der Waals surface area contributed by atoms with Crippen molar-refractivity contribution in [2.24, 2.45) is 5.92 Å². The molecule has 2 N–H and O–H groups in total. The number of benzene rings is 2. The van der Waals surface area contributed by atoms with Crippen molar-refractivity contribution in [3.05, 3.63) is 58.1 Å². The fourth-order valence-corrected chi connectivity index (χ4v) is 3.75. The van der Waals surface area contributed by atoms with Crippen molar-refractivity contribution in [2.45, 2.75) is 38.6 Å². The van der Waals surface area contributed by atoms with Gasteiger partial charge in [0, 0.05) is 36.7 Å². The van der Waals surface area contributed by atoms with Crippen LogP contribution in [0.2, 0.25) is 0 Å². The number of amides is 3. The molecule has 10 nitrogen and oxygen atoms in total. The lowest BCUT2D eigenvalue weighted by molar-refractivity contribution is -0.384. The molecule has 2 aromatic rings. The van der Waals surface area contributed by atoms with Gasteiger partial charge < -0.3 is 15.4 Å². The first-order valence-electron chi connectivity index (χ1n) is 10.8. The number of hydrogen-bond donors (Lipinski definition) is 2. The predicted molar refractivity (Wildman–Crippen MR) is 120 cm³/mol. The average Bonchev–Trinajstić information content (AvgIpc) is 3.60. The first-order valence-corrected chi connectivity index (χ1v) is 10.8. The molecule has 1 saturated carbocycles. The van der Waals surface area contributed by atoms with Gasteiger partial charge in [-0.1, -0.05) is 12.8 Å². The van der Waals surface area contributed by atoms with Gasteiger partial charge in [-0.05, 0) is 49.6 Å². The number of anilines is 2. The van der Waals surface area contributed by atoms with Crippen LogP contribution in [0.15, 0.2) is 42.5 Å². The highest BCUT2D eigenvalue weighted by atomic mass is 16.6. The molecule has 2 aliphatic rings. The van der Waals surface area contributed by atoms with Gasteiger partial charge in [-0.3, -0.25) is 24.6 Å². The smallest absolute Gasteiger partial charge is 0.410 e. The Labute approximate surface area is 190 Å². The van der Waals surface area contributed by atoms with Crippen molar-refractivity contribution < 1.29 is 24.0 Å². The van der Waals surface area contributed by atoms with Gasteiger partial charge in [0.05, 0.1) is 16.3 Å². The maximum absolute atomic E-state index is 13.0. The highest BCUT2D eigenvalue weighted by Crippen LogP contribution is 2.34. The number of rotatable bonds is 6. The molecule has 1 aliphatic carbocycles. The van der Waals surface area contributed by atoms with Crippen LogP contribution in [0.1, 0.15) is 43.0 Å². The SMILES string of the molecule is CC1CC(=O)Nc2cc(C(=O)NCCC3CC3)ccc2N1C(=O)Oc1ccc([N+](=O)[O-])cc1. The molecule has 0 radical (unpaired) electrons. The lowest BCUT2D eigenvalue weighted by Gasteiger charge is -2.27. The zero-order valence-corrected chi connectivity index (χ0v) is 18.1. The fraction of sp³-hybridized carbons (Fsp3) is 0.348. The number of nitrogens with one attached hydrogen (secondary N) is 2. The van der Waals surface area contributed by atoms with E-state index in [2.05, 4.69) is 10.6 Å². The molecule has 33 heavy (non-hydrogen) atoms. The third-order valence-electron chi connectivity index (χ3n) is 5.70. The van der Waals surface area contributed by atoms with Crippen molar-refractivity contribution in [2.75, 3.05) is 16.8 Å². The highest BCUT2D eigenvalue weighted by molar-refractivity contribution is 6.05. The van der Waals surface area contributed by atoms with Crippen molar-refractivity contribution in [3.63, 3.8) is 0 Å². The van der Waals surface area contributed by atoms with E-state index in [9.17, 15) is 24.5 Å². The van der Waals surface area contributed by atoms with E-state index < -0.39 is 17.1 Å². The number of nitro benzene ring substituents is 1. The first kappa shape index (κ1) is 22.3. The molecule has 0 saturated heterocycles. The van der Waals surface area contributed by atoms with Crippen LogP contribution in [-0.2, 0) is 4.79 Å². The lowest BCUT2D eigenvalue weighted by atomic mass is 10.1. The molecule has 172 valence electrons. The second kappa shape index (κ2) is 9.27. The van der Waals surface area contributed by atoms with Gasteiger partial charge in [0.1, 0.15) is 5.75 Å². The van der Waals surface area contributed by atoms with Gasteiger partial charge in [0.25, 0.3) is 11.6 Å². The van der Waals surface area contributed by atoms with Gasteiger partial charge >= 0.3 is 6.09 Å². The molecule has 0 spiro atoms. The van der Waals surface area contributed by atoms with Crippen LogP contribution >= 0.6 is 0 Å². The van der Waals surface area contributed by atoms with E-state index in [0.717, 1.165) is 6.42 Å². The number of nitrogens with zero attached hydrogens (tertiary/aromatic N) is 2. The maximum Gasteiger partial charge on any atom is 0.420 e. The topological polar surface area (TPSA) is 131 Å². The molecule has 4 rings (SSSR count). The zero-order valence-electron chi connectivity index (χ0n) is 18.1. The van der Waals surface area contributed by atoms with E-state index >= 15 is 0 Å². The number of ether oxygens (including phenoxy) is 1. The molecule has 10 heteroatoms. The Hall–Kier alpha value is -3.95. The van der Waals surface area contributed by atoms with Crippen LogP contribution in [0.5, 0.6) is 5.75 Å².